The Bertz CT molecular complexity index is 1220. The Labute approximate surface area is 187 Å². The van der Waals surface area contributed by atoms with Crippen LogP contribution in [0.3, 0.4) is 0 Å². The Balaban J connectivity index is 1.41. The summed E-state index contributed by atoms with van der Waals surface area (Å²) < 4.78 is 6.00. The van der Waals surface area contributed by atoms with Crippen molar-refractivity contribution in [2.45, 2.75) is 13.0 Å². The van der Waals surface area contributed by atoms with E-state index >= 15 is 0 Å². The topological polar surface area (TPSA) is 85.2 Å². The number of nitrogens with two attached hydrogens (primary N) is 1. The molecular formula is C26H23N5O. The summed E-state index contributed by atoms with van der Waals surface area (Å²) in [6.45, 7) is 0.416. The van der Waals surface area contributed by atoms with Gasteiger partial charge in [0.2, 0.25) is 0 Å². The summed E-state index contributed by atoms with van der Waals surface area (Å²) in [4.78, 5) is 4.71. The zero-order valence-corrected chi connectivity index (χ0v) is 17.5. The van der Waals surface area contributed by atoms with Crippen molar-refractivity contribution in [3.8, 4) is 5.75 Å². The number of nitrogens with zero attached hydrogens (tertiary/aromatic N) is 4. The smallest absolute Gasteiger partial charge is 0.130 e. The number of ether oxygens (including phenoxy) is 1. The van der Waals surface area contributed by atoms with Crippen molar-refractivity contribution in [3.05, 3.63) is 106 Å². The van der Waals surface area contributed by atoms with E-state index < -0.39 is 0 Å². The van der Waals surface area contributed by atoms with Gasteiger partial charge < -0.3 is 10.6 Å². The molecule has 0 radical (unpaired) electrons. The SMILES string of the molecule is N/N=N\N=C\c1cccc(/C=C/c2cccc(OCc3ccc4c(n3)C=CCC=C4)c2)c1. The van der Waals surface area contributed by atoms with E-state index in [1.54, 1.807) is 6.21 Å². The van der Waals surface area contributed by atoms with E-state index in [1.807, 2.05) is 66.7 Å². The first-order chi connectivity index (χ1) is 15.8. The van der Waals surface area contributed by atoms with E-state index in [0.29, 0.717) is 6.61 Å². The van der Waals surface area contributed by atoms with E-state index in [-0.39, 0.29) is 0 Å². The summed E-state index contributed by atoms with van der Waals surface area (Å²) in [6.07, 6.45) is 15.0. The van der Waals surface area contributed by atoms with Gasteiger partial charge in [-0.2, -0.15) is 0 Å². The first-order valence-electron chi connectivity index (χ1n) is 10.3. The van der Waals surface area contributed by atoms with Crippen LogP contribution in [0.1, 0.15) is 40.1 Å². The van der Waals surface area contributed by atoms with Gasteiger partial charge in [-0.25, -0.2) is 4.98 Å². The highest BCUT2D eigenvalue weighted by atomic mass is 16.5. The quantitative estimate of drug-likeness (QED) is 0.169. The maximum atomic E-state index is 6.00. The molecule has 0 unspecified atom stereocenters. The zero-order valence-electron chi connectivity index (χ0n) is 17.5. The third-order valence-electron chi connectivity index (χ3n) is 4.79. The van der Waals surface area contributed by atoms with E-state index in [2.05, 4.69) is 45.9 Å². The lowest BCUT2D eigenvalue weighted by Gasteiger charge is -2.08. The molecule has 158 valence electrons. The Hall–Kier alpha value is -4.32. The number of allylic oxidation sites excluding steroid dienone is 2. The minimum Gasteiger partial charge on any atom is -0.487 e. The van der Waals surface area contributed by atoms with Crippen LogP contribution in [0, 0.1) is 0 Å². The lowest BCUT2D eigenvalue weighted by atomic mass is 10.1. The number of benzene rings is 2. The summed E-state index contributed by atoms with van der Waals surface area (Å²) in [5.74, 6) is 5.75. The average molecular weight is 422 g/mol. The van der Waals surface area contributed by atoms with Crippen LogP contribution >= 0.6 is 0 Å². The Kier molecular flexibility index (Phi) is 6.95. The first-order valence-corrected chi connectivity index (χ1v) is 10.3. The highest BCUT2D eigenvalue weighted by molar-refractivity contribution is 5.81. The number of hydrogen-bond donors (Lipinski definition) is 1. The van der Waals surface area contributed by atoms with Crippen LogP contribution in [-0.4, -0.2) is 11.2 Å². The van der Waals surface area contributed by atoms with E-state index in [0.717, 1.165) is 45.8 Å². The van der Waals surface area contributed by atoms with Crippen molar-refractivity contribution in [1.82, 2.24) is 4.98 Å². The molecule has 3 aromatic rings. The van der Waals surface area contributed by atoms with Gasteiger partial charge >= 0.3 is 0 Å². The number of aromatic nitrogens is 1. The fraction of sp³-hybridized carbons (Fsp3) is 0.0769. The van der Waals surface area contributed by atoms with Crippen molar-refractivity contribution >= 4 is 30.5 Å². The highest BCUT2D eigenvalue weighted by Gasteiger charge is 2.04. The standard InChI is InChI=1S/C26H23N5O/c27-30-31-28-18-22-8-4-6-20(16-22)12-13-21-7-5-10-25(17-21)32-19-24-15-14-23-9-2-1-3-11-26(23)29-24/h2-18H,1,19H2,(H2,27,31)/b13-12+,28-18+. The second kappa shape index (κ2) is 10.6. The average Bonchev–Trinajstić information content (AvgIpc) is 3.07. The molecule has 6 nitrogen and oxygen atoms in total. The summed E-state index contributed by atoms with van der Waals surface area (Å²) >= 11 is 0. The van der Waals surface area contributed by atoms with Crippen LogP contribution in [0.4, 0.5) is 0 Å². The summed E-state index contributed by atoms with van der Waals surface area (Å²) in [5, 5.41) is 10.3. The molecule has 1 aliphatic carbocycles. The first kappa shape index (κ1) is 20.9. The summed E-state index contributed by atoms with van der Waals surface area (Å²) in [5.41, 5.74) is 6.01. The molecule has 1 aliphatic rings. The summed E-state index contributed by atoms with van der Waals surface area (Å²) in [6, 6.07) is 20.0. The minimum absolute atomic E-state index is 0.416. The zero-order chi connectivity index (χ0) is 22.0. The predicted molar refractivity (Wildman–Crippen MR) is 130 cm³/mol. The van der Waals surface area contributed by atoms with Crippen LogP contribution in [-0.2, 0) is 6.61 Å². The van der Waals surface area contributed by atoms with Gasteiger partial charge in [-0.15, -0.1) is 5.10 Å². The van der Waals surface area contributed by atoms with Gasteiger partial charge in [-0.1, -0.05) is 72.0 Å². The predicted octanol–water partition coefficient (Wildman–Crippen LogP) is 5.92. The molecule has 2 aromatic carbocycles. The van der Waals surface area contributed by atoms with Crippen molar-refractivity contribution in [2.75, 3.05) is 0 Å². The lowest BCUT2D eigenvalue weighted by Crippen LogP contribution is -2.00. The minimum atomic E-state index is 0.416. The van der Waals surface area contributed by atoms with Gasteiger partial charge in [0.05, 0.1) is 17.6 Å². The largest absolute Gasteiger partial charge is 0.487 e. The van der Waals surface area contributed by atoms with Crippen molar-refractivity contribution in [3.63, 3.8) is 0 Å². The fourth-order valence-corrected chi connectivity index (χ4v) is 3.26. The number of hydrogen-bond acceptors (Lipinski definition) is 4. The van der Waals surface area contributed by atoms with Gasteiger partial charge in [-0.05, 0) is 64.2 Å². The van der Waals surface area contributed by atoms with Gasteiger partial charge in [-0.3, -0.25) is 0 Å². The maximum Gasteiger partial charge on any atom is 0.130 e. The molecule has 1 heterocycles. The molecule has 0 saturated heterocycles. The second-order valence-corrected chi connectivity index (χ2v) is 7.13. The Morgan fingerprint density at radius 2 is 1.69 bits per heavy atom. The second-order valence-electron chi connectivity index (χ2n) is 7.13. The van der Waals surface area contributed by atoms with Crippen molar-refractivity contribution in [2.24, 2.45) is 21.4 Å². The fourth-order valence-electron chi connectivity index (χ4n) is 3.26. The van der Waals surface area contributed by atoms with Crippen LogP contribution in [0.2, 0.25) is 0 Å². The van der Waals surface area contributed by atoms with Crippen LogP contribution in [0.25, 0.3) is 24.3 Å². The van der Waals surface area contributed by atoms with Crippen molar-refractivity contribution < 1.29 is 4.74 Å². The summed E-state index contributed by atoms with van der Waals surface area (Å²) in [7, 11) is 0. The molecule has 4 rings (SSSR count). The van der Waals surface area contributed by atoms with Gasteiger partial charge in [0.15, 0.2) is 0 Å². The third-order valence-corrected chi connectivity index (χ3v) is 4.79. The van der Waals surface area contributed by atoms with Gasteiger partial charge in [0, 0.05) is 0 Å². The highest BCUT2D eigenvalue weighted by Crippen LogP contribution is 2.19. The molecule has 1 aromatic heterocycles. The number of pyridine rings is 1. The van der Waals surface area contributed by atoms with Crippen molar-refractivity contribution in [1.29, 1.82) is 0 Å². The Morgan fingerprint density at radius 3 is 2.56 bits per heavy atom. The van der Waals surface area contributed by atoms with Crippen LogP contribution < -0.4 is 10.6 Å². The molecule has 0 fully saturated rings. The molecule has 0 bridgehead atoms. The monoisotopic (exact) mass is 421 g/mol. The van der Waals surface area contributed by atoms with E-state index in [9.17, 15) is 0 Å². The Morgan fingerprint density at radius 1 is 0.906 bits per heavy atom. The third kappa shape index (κ3) is 5.86. The number of rotatable bonds is 7. The normalized spacial score (nSPS) is 13.1. The molecule has 32 heavy (non-hydrogen) atoms. The molecule has 0 amide bonds. The maximum absolute atomic E-state index is 6.00. The van der Waals surface area contributed by atoms with Crippen LogP contribution in [0.15, 0.2) is 88.4 Å². The molecule has 2 N–H and O–H groups in total. The van der Waals surface area contributed by atoms with Gasteiger partial charge in [0.25, 0.3) is 0 Å². The molecule has 0 atom stereocenters. The van der Waals surface area contributed by atoms with Crippen LogP contribution in [0.5, 0.6) is 5.75 Å². The van der Waals surface area contributed by atoms with E-state index in [4.69, 9.17) is 15.6 Å². The van der Waals surface area contributed by atoms with Gasteiger partial charge in [0.1, 0.15) is 12.4 Å². The number of fused-ring (bicyclic) bond motifs is 1. The molecule has 6 heteroatoms. The van der Waals surface area contributed by atoms with E-state index in [1.165, 1.54) is 0 Å². The lowest BCUT2D eigenvalue weighted by molar-refractivity contribution is 0.301. The molecule has 0 aliphatic heterocycles. The molecule has 0 saturated carbocycles. The molecular weight excluding hydrogens is 398 g/mol. The molecule has 0 spiro atoms.